The van der Waals surface area contributed by atoms with Crippen LogP contribution in [0.5, 0.6) is 0 Å². The summed E-state index contributed by atoms with van der Waals surface area (Å²) in [4.78, 5) is 30.6. The molecule has 2 N–H and O–H groups in total. The first-order valence-electron chi connectivity index (χ1n) is 9.42. The Kier molecular flexibility index (Phi) is 6.41. The lowest BCUT2D eigenvalue weighted by atomic mass is 9.96. The molecule has 0 radical (unpaired) electrons. The van der Waals surface area contributed by atoms with Crippen molar-refractivity contribution in [2.45, 2.75) is 25.8 Å². The minimum Gasteiger partial charge on any atom is -0.371 e. The van der Waals surface area contributed by atoms with E-state index < -0.39 is 11.8 Å². The molecule has 0 aliphatic carbocycles. The van der Waals surface area contributed by atoms with E-state index in [0.29, 0.717) is 12.5 Å². The average molecular weight is 366 g/mol. The van der Waals surface area contributed by atoms with Gasteiger partial charge in [0.25, 0.3) is 0 Å². The number of rotatable bonds is 5. The number of nitrogens with one attached hydrogen (secondary N) is 2. The SMILES string of the molecule is C[C@H](NC(=O)C(=O)NCC1CCN(c2ccncc2)CC1)c1ccccc1. The van der Waals surface area contributed by atoms with Gasteiger partial charge in [0.2, 0.25) is 0 Å². The van der Waals surface area contributed by atoms with Crippen LogP contribution in [0.15, 0.2) is 54.9 Å². The second-order valence-electron chi connectivity index (χ2n) is 6.95. The zero-order valence-electron chi connectivity index (χ0n) is 15.6. The van der Waals surface area contributed by atoms with Gasteiger partial charge in [0.1, 0.15) is 0 Å². The van der Waals surface area contributed by atoms with Crippen LogP contribution >= 0.6 is 0 Å². The molecule has 1 saturated heterocycles. The molecule has 1 aromatic heterocycles. The maximum Gasteiger partial charge on any atom is 0.309 e. The van der Waals surface area contributed by atoms with Gasteiger partial charge in [-0.3, -0.25) is 14.6 Å². The number of carbonyl (C=O) groups excluding carboxylic acids is 2. The number of pyridine rings is 1. The predicted molar refractivity (Wildman–Crippen MR) is 105 cm³/mol. The van der Waals surface area contributed by atoms with E-state index in [1.54, 1.807) is 12.4 Å². The van der Waals surface area contributed by atoms with E-state index in [-0.39, 0.29) is 6.04 Å². The highest BCUT2D eigenvalue weighted by Crippen LogP contribution is 2.22. The van der Waals surface area contributed by atoms with E-state index in [0.717, 1.165) is 31.5 Å². The summed E-state index contributed by atoms with van der Waals surface area (Å²) < 4.78 is 0. The van der Waals surface area contributed by atoms with Crippen LogP contribution < -0.4 is 15.5 Å². The van der Waals surface area contributed by atoms with Gasteiger partial charge in [-0.25, -0.2) is 0 Å². The van der Waals surface area contributed by atoms with E-state index >= 15 is 0 Å². The monoisotopic (exact) mass is 366 g/mol. The summed E-state index contributed by atoms with van der Waals surface area (Å²) in [5.41, 5.74) is 2.16. The number of benzene rings is 1. The molecule has 0 unspecified atom stereocenters. The van der Waals surface area contributed by atoms with Gasteiger partial charge in [-0.15, -0.1) is 0 Å². The number of hydrogen-bond acceptors (Lipinski definition) is 4. The zero-order chi connectivity index (χ0) is 19.1. The lowest BCUT2D eigenvalue weighted by molar-refractivity contribution is -0.139. The van der Waals surface area contributed by atoms with Crippen molar-refractivity contribution in [2.24, 2.45) is 5.92 Å². The molecule has 27 heavy (non-hydrogen) atoms. The lowest BCUT2D eigenvalue weighted by Crippen LogP contribution is -2.44. The van der Waals surface area contributed by atoms with Crippen molar-refractivity contribution in [2.75, 3.05) is 24.5 Å². The minimum absolute atomic E-state index is 0.201. The molecule has 0 bridgehead atoms. The fraction of sp³-hybridized carbons (Fsp3) is 0.381. The summed E-state index contributed by atoms with van der Waals surface area (Å²) in [5.74, 6) is -0.749. The quantitative estimate of drug-likeness (QED) is 0.797. The van der Waals surface area contributed by atoms with E-state index in [1.807, 2.05) is 49.4 Å². The molecule has 0 spiro atoms. The number of aromatic nitrogens is 1. The van der Waals surface area contributed by atoms with E-state index in [4.69, 9.17) is 0 Å². The normalized spacial score (nSPS) is 15.8. The van der Waals surface area contributed by atoms with Gasteiger partial charge in [0.15, 0.2) is 0 Å². The molecule has 2 amide bonds. The standard InChI is InChI=1S/C21H26N4O2/c1-16(18-5-3-2-4-6-18)24-21(27)20(26)23-15-17-9-13-25(14-10-17)19-7-11-22-12-8-19/h2-8,11-12,16-17H,9-10,13-15H2,1H3,(H,23,26)(H,24,27)/t16-/m0/s1. The molecule has 142 valence electrons. The second-order valence-corrected chi connectivity index (χ2v) is 6.95. The Hall–Kier alpha value is -2.89. The number of hydrogen-bond donors (Lipinski definition) is 2. The number of nitrogens with zero attached hydrogens (tertiary/aromatic N) is 2. The van der Waals surface area contributed by atoms with Crippen LogP contribution in [0.4, 0.5) is 5.69 Å². The maximum atomic E-state index is 12.1. The number of anilines is 1. The van der Waals surface area contributed by atoms with E-state index in [2.05, 4.69) is 20.5 Å². The molecule has 1 aliphatic rings. The first-order valence-corrected chi connectivity index (χ1v) is 9.42. The first-order chi connectivity index (χ1) is 13.1. The number of piperidine rings is 1. The summed E-state index contributed by atoms with van der Waals surface area (Å²) in [7, 11) is 0. The Morgan fingerprint density at radius 1 is 1.07 bits per heavy atom. The summed E-state index contributed by atoms with van der Waals surface area (Å²) >= 11 is 0. The molecule has 6 nitrogen and oxygen atoms in total. The minimum atomic E-state index is -0.583. The highest BCUT2D eigenvalue weighted by Gasteiger charge is 2.22. The highest BCUT2D eigenvalue weighted by molar-refractivity contribution is 6.35. The average Bonchev–Trinajstić information content (AvgIpc) is 2.73. The third kappa shape index (κ3) is 5.29. The van der Waals surface area contributed by atoms with Crippen molar-refractivity contribution in [1.29, 1.82) is 0 Å². The fourth-order valence-electron chi connectivity index (χ4n) is 3.35. The number of amides is 2. The van der Waals surface area contributed by atoms with Crippen LogP contribution in [0.1, 0.15) is 31.4 Å². The molecule has 2 aromatic rings. The van der Waals surface area contributed by atoms with Gasteiger partial charge in [-0.1, -0.05) is 30.3 Å². The Labute approximate surface area is 160 Å². The van der Waals surface area contributed by atoms with Gasteiger partial charge in [-0.05, 0) is 43.4 Å². The first kappa shape index (κ1) is 18.9. The van der Waals surface area contributed by atoms with Crippen LogP contribution in [0.3, 0.4) is 0 Å². The molecule has 1 aliphatic heterocycles. The molecular formula is C21H26N4O2. The van der Waals surface area contributed by atoms with Crippen LogP contribution in [-0.4, -0.2) is 36.4 Å². The van der Waals surface area contributed by atoms with E-state index in [9.17, 15) is 9.59 Å². The van der Waals surface area contributed by atoms with Crippen LogP contribution in [0.2, 0.25) is 0 Å². The molecule has 2 heterocycles. The molecule has 0 saturated carbocycles. The predicted octanol–water partition coefficient (Wildman–Crippen LogP) is 2.29. The summed E-state index contributed by atoms with van der Waals surface area (Å²) in [6.07, 6.45) is 5.59. The molecule has 3 rings (SSSR count). The van der Waals surface area contributed by atoms with Crippen LogP contribution in [0.25, 0.3) is 0 Å². The molecule has 6 heteroatoms. The summed E-state index contributed by atoms with van der Waals surface area (Å²) in [5, 5.41) is 5.53. The van der Waals surface area contributed by atoms with Crippen LogP contribution in [0, 0.1) is 5.92 Å². The van der Waals surface area contributed by atoms with Crippen LogP contribution in [-0.2, 0) is 9.59 Å². The molecular weight excluding hydrogens is 340 g/mol. The largest absolute Gasteiger partial charge is 0.371 e. The Morgan fingerprint density at radius 2 is 1.74 bits per heavy atom. The van der Waals surface area contributed by atoms with Gasteiger partial charge in [0, 0.05) is 37.7 Å². The highest BCUT2D eigenvalue weighted by atomic mass is 16.2. The summed E-state index contributed by atoms with van der Waals surface area (Å²) in [6, 6.07) is 13.4. The van der Waals surface area contributed by atoms with Gasteiger partial charge < -0.3 is 15.5 Å². The third-order valence-corrected chi connectivity index (χ3v) is 5.05. The van der Waals surface area contributed by atoms with Gasteiger partial charge in [-0.2, -0.15) is 0 Å². The maximum absolute atomic E-state index is 12.1. The lowest BCUT2D eigenvalue weighted by Gasteiger charge is -2.33. The Morgan fingerprint density at radius 3 is 2.41 bits per heavy atom. The second kappa shape index (κ2) is 9.16. The Balaban J connectivity index is 1.40. The van der Waals surface area contributed by atoms with Crippen molar-refractivity contribution < 1.29 is 9.59 Å². The molecule has 1 aromatic carbocycles. The molecule has 1 fully saturated rings. The van der Waals surface area contributed by atoms with Gasteiger partial charge in [0.05, 0.1) is 6.04 Å². The van der Waals surface area contributed by atoms with E-state index in [1.165, 1.54) is 5.69 Å². The van der Waals surface area contributed by atoms with Crippen molar-refractivity contribution >= 4 is 17.5 Å². The van der Waals surface area contributed by atoms with Gasteiger partial charge >= 0.3 is 11.8 Å². The van der Waals surface area contributed by atoms with Crippen molar-refractivity contribution in [1.82, 2.24) is 15.6 Å². The van der Waals surface area contributed by atoms with Crippen molar-refractivity contribution in [3.8, 4) is 0 Å². The topological polar surface area (TPSA) is 74.3 Å². The zero-order valence-corrected chi connectivity index (χ0v) is 15.6. The summed E-state index contributed by atoms with van der Waals surface area (Å²) in [6.45, 7) is 4.30. The van der Waals surface area contributed by atoms with Crippen molar-refractivity contribution in [3.05, 3.63) is 60.4 Å². The van der Waals surface area contributed by atoms with Crippen molar-refractivity contribution in [3.63, 3.8) is 0 Å². The fourth-order valence-corrected chi connectivity index (χ4v) is 3.35. The smallest absolute Gasteiger partial charge is 0.309 e. The third-order valence-electron chi connectivity index (χ3n) is 5.05. The molecule has 1 atom stereocenters. The Bertz CT molecular complexity index is 743. The number of carbonyl (C=O) groups is 2.